The summed E-state index contributed by atoms with van der Waals surface area (Å²) in [7, 11) is 0. The molecule has 2 atom stereocenters. The summed E-state index contributed by atoms with van der Waals surface area (Å²) in [6.45, 7) is 1.19. The number of nitrogens with zero attached hydrogens (tertiary/aromatic N) is 1. The lowest BCUT2D eigenvalue weighted by molar-refractivity contribution is 0.237. The highest BCUT2D eigenvalue weighted by Crippen LogP contribution is 2.40. The standard InChI is InChI=1S/C13H18N2/c14-12-8-9-15(11-6-7-11)13(12)10-4-2-1-3-5-10/h1-5,11-13H,6-9,14H2. The lowest BCUT2D eigenvalue weighted by atomic mass is 10.0. The summed E-state index contributed by atoms with van der Waals surface area (Å²) in [5.41, 5.74) is 7.62. The Hall–Kier alpha value is -0.860. The van der Waals surface area contributed by atoms with E-state index in [0.29, 0.717) is 12.1 Å². The number of hydrogen-bond acceptors (Lipinski definition) is 2. The van der Waals surface area contributed by atoms with E-state index in [9.17, 15) is 0 Å². The highest BCUT2D eigenvalue weighted by Gasteiger charge is 2.41. The molecule has 1 heterocycles. The van der Waals surface area contributed by atoms with Crippen LogP contribution in [0.25, 0.3) is 0 Å². The molecular formula is C13H18N2. The van der Waals surface area contributed by atoms with Gasteiger partial charge in [0.15, 0.2) is 0 Å². The van der Waals surface area contributed by atoms with E-state index in [1.54, 1.807) is 0 Å². The van der Waals surface area contributed by atoms with E-state index in [1.165, 1.54) is 24.9 Å². The van der Waals surface area contributed by atoms with Crippen molar-refractivity contribution in [2.45, 2.75) is 37.4 Å². The maximum absolute atomic E-state index is 6.23. The molecular weight excluding hydrogens is 184 g/mol. The predicted molar refractivity (Wildman–Crippen MR) is 61.5 cm³/mol. The summed E-state index contributed by atoms with van der Waals surface area (Å²) in [4.78, 5) is 2.61. The lowest BCUT2D eigenvalue weighted by Gasteiger charge is -2.26. The van der Waals surface area contributed by atoms with Crippen molar-refractivity contribution in [2.75, 3.05) is 6.54 Å². The fourth-order valence-corrected chi connectivity index (χ4v) is 2.75. The van der Waals surface area contributed by atoms with Gasteiger partial charge >= 0.3 is 0 Å². The van der Waals surface area contributed by atoms with Gasteiger partial charge < -0.3 is 5.73 Å². The number of hydrogen-bond donors (Lipinski definition) is 1. The van der Waals surface area contributed by atoms with Crippen molar-refractivity contribution in [1.29, 1.82) is 0 Å². The van der Waals surface area contributed by atoms with Gasteiger partial charge in [0.1, 0.15) is 0 Å². The summed E-state index contributed by atoms with van der Waals surface area (Å²) in [5.74, 6) is 0. The Morgan fingerprint density at radius 1 is 1.07 bits per heavy atom. The normalized spacial score (nSPS) is 32.1. The van der Waals surface area contributed by atoms with Crippen LogP contribution >= 0.6 is 0 Å². The van der Waals surface area contributed by atoms with Crippen molar-refractivity contribution in [3.63, 3.8) is 0 Å². The van der Waals surface area contributed by atoms with Gasteiger partial charge in [0.25, 0.3) is 0 Å². The van der Waals surface area contributed by atoms with E-state index >= 15 is 0 Å². The van der Waals surface area contributed by atoms with Gasteiger partial charge in [0.05, 0.1) is 6.04 Å². The third kappa shape index (κ3) is 1.68. The number of rotatable bonds is 2. The predicted octanol–water partition coefficient (Wildman–Crippen LogP) is 1.92. The largest absolute Gasteiger partial charge is 0.326 e. The molecule has 2 aliphatic rings. The zero-order valence-corrected chi connectivity index (χ0v) is 8.97. The van der Waals surface area contributed by atoms with Crippen LogP contribution in [0.3, 0.4) is 0 Å². The molecule has 0 aromatic heterocycles. The van der Waals surface area contributed by atoms with E-state index in [2.05, 4.69) is 35.2 Å². The van der Waals surface area contributed by atoms with Gasteiger partial charge in [0, 0.05) is 18.6 Å². The molecule has 2 heteroatoms. The fraction of sp³-hybridized carbons (Fsp3) is 0.538. The van der Waals surface area contributed by atoms with Crippen LogP contribution in [0.5, 0.6) is 0 Å². The fourth-order valence-electron chi connectivity index (χ4n) is 2.75. The van der Waals surface area contributed by atoms with Gasteiger partial charge in [-0.25, -0.2) is 0 Å². The average molecular weight is 202 g/mol. The molecule has 1 saturated carbocycles. The lowest BCUT2D eigenvalue weighted by Crippen LogP contribution is -2.33. The van der Waals surface area contributed by atoms with Crippen LogP contribution in [0.15, 0.2) is 30.3 Å². The van der Waals surface area contributed by atoms with Crippen LogP contribution in [0.1, 0.15) is 30.9 Å². The summed E-state index contributed by atoms with van der Waals surface area (Å²) in [6, 6.07) is 12.4. The molecule has 0 radical (unpaired) electrons. The van der Waals surface area contributed by atoms with Crippen molar-refractivity contribution >= 4 is 0 Å². The van der Waals surface area contributed by atoms with Crippen molar-refractivity contribution in [1.82, 2.24) is 4.90 Å². The third-order valence-electron chi connectivity index (χ3n) is 3.64. The zero-order chi connectivity index (χ0) is 10.3. The minimum atomic E-state index is 0.327. The van der Waals surface area contributed by atoms with Crippen LogP contribution < -0.4 is 5.73 Å². The minimum absolute atomic E-state index is 0.327. The molecule has 2 fully saturated rings. The Labute approximate surface area is 91.1 Å². The van der Waals surface area contributed by atoms with Crippen molar-refractivity contribution in [3.05, 3.63) is 35.9 Å². The molecule has 2 unspecified atom stereocenters. The van der Waals surface area contributed by atoms with Crippen LogP contribution in [0.2, 0.25) is 0 Å². The molecule has 0 bridgehead atoms. The molecule has 2 N–H and O–H groups in total. The first-order chi connectivity index (χ1) is 7.36. The number of likely N-dealkylation sites (tertiary alicyclic amines) is 1. The molecule has 1 aliphatic carbocycles. The summed E-state index contributed by atoms with van der Waals surface area (Å²) < 4.78 is 0. The second-order valence-electron chi connectivity index (χ2n) is 4.78. The van der Waals surface area contributed by atoms with Crippen LogP contribution in [-0.2, 0) is 0 Å². The Morgan fingerprint density at radius 3 is 2.47 bits per heavy atom. The number of nitrogens with two attached hydrogens (primary N) is 1. The Kier molecular flexibility index (Phi) is 2.26. The molecule has 2 nitrogen and oxygen atoms in total. The Balaban J connectivity index is 1.88. The second-order valence-corrected chi connectivity index (χ2v) is 4.78. The Morgan fingerprint density at radius 2 is 1.80 bits per heavy atom. The second kappa shape index (κ2) is 3.62. The maximum atomic E-state index is 6.23. The third-order valence-corrected chi connectivity index (χ3v) is 3.64. The maximum Gasteiger partial charge on any atom is 0.0502 e. The highest BCUT2D eigenvalue weighted by atomic mass is 15.2. The Bertz CT molecular complexity index is 332. The van der Waals surface area contributed by atoms with Gasteiger partial charge in [-0.05, 0) is 24.8 Å². The molecule has 80 valence electrons. The van der Waals surface area contributed by atoms with Crippen LogP contribution in [0, 0.1) is 0 Å². The number of benzene rings is 1. The van der Waals surface area contributed by atoms with E-state index in [0.717, 1.165) is 12.5 Å². The molecule has 1 saturated heterocycles. The quantitative estimate of drug-likeness (QED) is 0.794. The van der Waals surface area contributed by atoms with Crippen LogP contribution in [-0.4, -0.2) is 23.5 Å². The molecule has 1 aliphatic heterocycles. The van der Waals surface area contributed by atoms with Gasteiger partial charge in [-0.15, -0.1) is 0 Å². The first-order valence-electron chi connectivity index (χ1n) is 5.92. The molecule has 15 heavy (non-hydrogen) atoms. The van der Waals surface area contributed by atoms with E-state index < -0.39 is 0 Å². The molecule has 0 amide bonds. The van der Waals surface area contributed by atoms with Gasteiger partial charge in [-0.2, -0.15) is 0 Å². The van der Waals surface area contributed by atoms with Crippen LogP contribution in [0.4, 0.5) is 0 Å². The van der Waals surface area contributed by atoms with Gasteiger partial charge in [-0.3, -0.25) is 4.90 Å². The van der Waals surface area contributed by atoms with Gasteiger partial charge in [-0.1, -0.05) is 30.3 Å². The van der Waals surface area contributed by atoms with E-state index in [-0.39, 0.29) is 0 Å². The zero-order valence-electron chi connectivity index (χ0n) is 8.97. The summed E-state index contributed by atoms with van der Waals surface area (Å²) >= 11 is 0. The van der Waals surface area contributed by atoms with E-state index in [4.69, 9.17) is 5.73 Å². The SMILES string of the molecule is NC1CCN(C2CC2)C1c1ccccc1. The van der Waals surface area contributed by atoms with Crippen molar-refractivity contribution < 1.29 is 0 Å². The molecule has 0 spiro atoms. The molecule has 1 aromatic carbocycles. The smallest absolute Gasteiger partial charge is 0.0502 e. The highest BCUT2D eigenvalue weighted by molar-refractivity contribution is 5.23. The van der Waals surface area contributed by atoms with E-state index in [1.807, 2.05) is 0 Å². The first kappa shape index (κ1) is 9.37. The average Bonchev–Trinajstić information content (AvgIpc) is 3.04. The first-order valence-corrected chi connectivity index (χ1v) is 5.92. The minimum Gasteiger partial charge on any atom is -0.326 e. The summed E-state index contributed by atoms with van der Waals surface area (Å²) in [6.07, 6.45) is 3.89. The molecule has 1 aromatic rings. The van der Waals surface area contributed by atoms with Gasteiger partial charge in [0.2, 0.25) is 0 Å². The van der Waals surface area contributed by atoms with Crippen molar-refractivity contribution in [3.8, 4) is 0 Å². The monoisotopic (exact) mass is 202 g/mol. The summed E-state index contributed by atoms with van der Waals surface area (Å²) in [5, 5.41) is 0. The molecule has 3 rings (SSSR count). The topological polar surface area (TPSA) is 29.3 Å². The van der Waals surface area contributed by atoms with Crippen molar-refractivity contribution in [2.24, 2.45) is 5.73 Å².